The molecule has 1 aliphatic rings. The second-order valence-electron chi connectivity index (χ2n) is 5.64. The maximum absolute atomic E-state index is 14.2. The van der Waals surface area contributed by atoms with E-state index in [1.165, 1.54) is 6.92 Å². The van der Waals surface area contributed by atoms with Gasteiger partial charge in [0.05, 0.1) is 10.7 Å². The van der Waals surface area contributed by atoms with Gasteiger partial charge in [0.1, 0.15) is 10.7 Å². The highest BCUT2D eigenvalue weighted by Crippen LogP contribution is 2.28. The van der Waals surface area contributed by atoms with E-state index in [1.54, 1.807) is 0 Å². The summed E-state index contributed by atoms with van der Waals surface area (Å²) in [5, 5.41) is 5.40. The second-order valence-corrected chi connectivity index (χ2v) is 7.73. The van der Waals surface area contributed by atoms with Crippen molar-refractivity contribution in [3.8, 4) is 0 Å². The van der Waals surface area contributed by atoms with Crippen molar-refractivity contribution in [2.75, 3.05) is 18.4 Å². The first-order valence-electron chi connectivity index (χ1n) is 7.20. The third-order valence-electron chi connectivity index (χ3n) is 3.76. The minimum atomic E-state index is -4.05. The molecule has 1 saturated heterocycles. The van der Waals surface area contributed by atoms with Crippen molar-refractivity contribution in [2.24, 2.45) is 5.92 Å². The molecule has 2 atom stereocenters. The van der Waals surface area contributed by atoms with Crippen LogP contribution in [0.1, 0.15) is 20.3 Å². The van der Waals surface area contributed by atoms with E-state index in [0.29, 0.717) is 6.54 Å². The molecule has 6 nitrogen and oxygen atoms in total. The molecule has 0 spiro atoms. The summed E-state index contributed by atoms with van der Waals surface area (Å²) in [4.78, 5) is 10.5. The molecule has 9 heteroatoms. The number of halogens is 2. The van der Waals surface area contributed by atoms with Crippen molar-refractivity contribution >= 4 is 33.2 Å². The summed E-state index contributed by atoms with van der Waals surface area (Å²) in [6.07, 6.45) is 0.831. The third-order valence-corrected chi connectivity index (χ3v) is 5.57. The lowest BCUT2D eigenvalue weighted by molar-refractivity contribution is -0.114. The SMILES string of the molecule is CC(=O)Nc1cc(F)c(S(=O)(=O)NC2CNCCC2C)cc1Cl. The van der Waals surface area contributed by atoms with E-state index in [-0.39, 0.29) is 22.7 Å². The molecule has 1 aliphatic heterocycles. The zero-order valence-corrected chi connectivity index (χ0v) is 14.4. The maximum atomic E-state index is 14.2. The molecule has 1 heterocycles. The average Bonchev–Trinajstić information content (AvgIpc) is 2.44. The topological polar surface area (TPSA) is 87.3 Å². The average molecular weight is 364 g/mol. The van der Waals surface area contributed by atoms with E-state index in [0.717, 1.165) is 25.1 Å². The van der Waals surface area contributed by atoms with Gasteiger partial charge in [-0.05, 0) is 24.9 Å². The predicted molar refractivity (Wildman–Crippen MR) is 86.5 cm³/mol. The molecule has 128 valence electrons. The van der Waals surface area contributed by atoms with Crippen LogP contribution in [0.25, 0.3) is 0 Å². The van der Waals surface area contributed by atoms with Crippen LogP contribution < -0.4 is 15.4 Å². The molecular formula is C14H19ClFN3O3S. The summed E-state index contributed by atoms with van der Waals surface area (Å²) >= 11 is 5.94. The van der Waals surface area contributed by atoms with Crippen LogP contribution in [0, 0.1) is 11.7 Å². The Bertz CT molecular complexity index is 711. The van der Waals surface area contributed by atoms with Gasteiger partial charge in [-0.2, -0.15) is 0 Å². The van der Waals surface area contributed by atoms with Gasteiger partial charge in [-0.3, -0.25) is 4.79 Å². The molecule has 0 radical (unpaired) electrons. The first kappa shape index (κ1) is 18.1. The van der Waals surface area contributed by atoms with Crippen molar-refractivity contribution in [3.05, 3.63) is 23.0 Å². The van der Waals surface area contributed by atoms with Crippen LogP contribution in [-0.4, -0.2) is 33.5 Å². The minimum Gasteiger partial charge on any atom is -0.325 e. The molecule has 0 saturated carbocycles. The number of carbonyl (C=O) groups is 1. The predicted octanol–water partition coefficient (Wildman–Crippen LogP) is 1.71. The fourth-order valence-corrected chi connectivity index (χ4v) is 4.14. The Morgan fingerprint density at radius 1 is 1.43 bits per heavy atom. The van der Waals surface area contributed by atoms with Crippen LogP contribution in [0.15, 0.2) is 17.0 Å². The molecule has 0 bridgehead atoms. The van der Waals surface area contributed by atoms with Crippen LogP contribution in [0.3, 0.4) is 0 Å². The lowest BCUT2D eigenvalue weighted by atomic mass is 9.96. The first-order chi connectivity index (χ1) is 10.7. The summed E-state index contributed by atoms with van der Waals surface area (Å²) in [5.74, 6) is -1.26. The maximum Gasteiger partial charge on any atom is 0.243 e. The number of hydrogen-bond acceptors (Lipinski definition) is 4. The molecule has 1 aromatic rings. The summed E-state index contributed by atoms with van der Waals surface area (Å²) in [7, 11) is -4.05. The fraction of sp³-hybridized carbons (Fsp3) is 0.500. The molecule has 23 heavy (non-hydrogen) atoms. The van der Waals surface area contributed by atoms with E-state index < -0.39 is 26.6 Å². The highest BCUT2D eigenvalue weighted by atomic mass is 35.5. The van der Waals surface area contributed by atoms with Crippen LogP contribution >= 0.6 is 11.6 Å². The van der Waals surface area contributed by atoms with Gasteiger partial charge in [0.2, 0.25) is 15.9 Å². The van der Waals surface area contributed by atoms with Crippen molar-refractivity contribution in [2.45, 2.75) is 31.2 Å². The fourth-order valence-electron chi connectivity index (χ4n) is 2.43. The van der Waals surface area contributed by atoms with Gasteiger partial charge in [0, 0.05) is 25.6 Å². The van der Waals surface area contributed by atoms with E-state index in [9.17, 15) is 17.6 Å². The highest BCUT2D eigenvalue weighted by molar-refractivity contribution is 7.89. The summed E-state index contributed by atoms with van der Waals surface area (Å²) in [6, 6.07) is 1.59. The van der Waals surface area contributed by atoms with Gasteiger partial charge >= 0.3 is 0 Å². The largest absolute Gasteiger partial charge is 0.325 e. The number of nitrogens with one attached hydrogen (secondary N) is 3. The zero-order valence-electron chi connectivity index (χ0n) is 12.8. The van der Waals surface area contributed by atoms with Crippen LogP contribution in [0.4, 0.5) is 10.1 Å². The number of anilines is 1. The smallest absolute Gasteiger partial charge is 0.243 e. The lowest BCUT2D eigenvalue weighted by Gasteiger charge is -2.30. The molecule has 3 N–H and O–H groups in total. The molecule has 2 unspecified atom stereocenters. The van der Waals surface area contributed by atoms with Gasteiger partial charge in [-0.25, -0.2) is 17.5 Å². The Kier molecular flexibility index (Phi) is 5.61. The Morgan fingerprint density at radius 3 is 2.74 bits per heavy atom. The normalized spacial score (nSPS) is 21.9. The monoisotopic (exact) mass is 363 g/mol. The number of amides is 1. The summed E-state index contributed by atoms with van der Waals surface area (Å²) < 4.78 is 41.6. The van der Waals surface area contributed by atoms with Gasteiger partial charge in [0.15, 0.2) is 0 Å². The molecule has 2 rings (SSSR count). The Balaban J connectivity index is 2.29. The van der Waals surface area contributed by atoms with Crippen molar-refractivity contribution < 1.29 is 17.6 Å². The van der Waals surface area contributed by atoms with Gasteiger partial charge in [-0.15, -0.1) is 0 Å². The van der Waals surface area contributed by atoms with Crippen LogP contribution in [0.5, 0.6) is 0 Å². The first-order valence-corrected chi connectivity index (χ1v) is 9.06. The van der Waals surface area contributed by atoms with Crippen molar-refractivity contribution in [1.29, 1.82) is 0 Å². The standard InChI is InChI=1S/C14H19ClFN3O3S/c1-8-3-4-17-7-13(8)19-23(21,22)14-5-10(15)12(6-11(14)16)18-9(2)20/h5-6,8,13,17,19H,3-4,7H2,1-2H3,(H,18,20). The zero-order chi connectivity index (χ0) is 17.2. The molecule has 0 aliphatic carbocycles. The minimum absolute atomic E-state index is 0.0308. The van der Waals surface area contributed by atoms with Gasteiger partial charge < -0.3 is 10.6 Å². The van der Waals surface area contributed by atoms with E-state index in [2.05, 4.69) is 15.4 Å². The van der Waals surface area contributed by atoms with E-state index in [4.69, 9.17) is 11.6 Å². The van der Waals surface area contributed by atoms with E-state index in [1.807, 2.05) is 6.92 Å². The van der Waals surface area contributed by atoms with E-state index >= 15 is 0 Å². The Hall–Kier alpha value is -1.22. The molecule has 1 amide bonds. The van der Waals surface area contributed by atoms with Crippen LogP contribution in [0.2, 0.25) is 5.02 Å². The number of piperidine rings is 1. The third kappa shape index (κ3) is 4.41. The second kappa shape index (κ2) is 7.12. The number of rotatable bonds is 4. The molecule has 1 fully saturated rings. The Morgan fingerprint density at radius 2 is 2.13 bits per heavy atom. The van der Waals surface area contributed by atoms with Crippen LogP contribution in [-0.2, 0) is 14.8 Å². The van der Waals surface area contributed by atoms with Gasteiger partial charge in [-0.1, -0.05) is 18.5 Å². The number of carbonyl (C=O) groups excluding carboxylic acids is 1. The van der Waals surface area contributed by atoms with Crippen molar-refractivity contribution in [1.82, 2.24) is 10.0 Å². The van der Waals surface area contributed by atoms with Crippen molar-refractivity contribution in [3.63, 3.8) is 0 Å². The number of benzene rings is 1. The molecular weight excluding hydrogens is 345 g/mol. The molecule has 0 aromatic heterocycles. The lowest BCUT2D eigenvalue weighted by Crippen LogP contribution is -2.50. The highest BCUT2D eigenvalue weighted by Gasteiger charge is 2.29. The summed E-state index contributed by atoms with van der Waals surface area (Å²) in [6.45, 7) is 4.50. The van der Waals surface area contributed by atoms with Gasteiger partial charge in [0.25, 0.3) is 0 Å². The Labute approximate surface area is 139 Å². The summed E-state index contributed by atoms with van der Waals surface area (Å²) in [5.41, 5.74) is 0.0308. The number of sulfonamides is 1. The quantitative estimate of drug-likeness (QED) is 0.760. The number of hydrogen-bond donors (Lipinski definition) is 3. The molecule has 1 aromatic carbocycles.